The van der Waals surface area contributed by atoms with Crippen molar-refractivity contribution in [2.45, 2.75) is 44.7 Å². The molecular formula is C10H18O3. The normalized spacial score (nSPS) is 32.8. The van der Waals surface area contributed by atoms with Crippen molar-refractivity contribution in [3.63, 3.8) is 0 Å². The van der Waals surface area contributed by atoms with Gasteiger partial charge in [-0.15, -0.1) is 6.58 Å². The Bertz CT molecular complexity index is 177. The minimum atomic E-state index is -0.584. The van der Waals surface area contributed by atoms with E-state index < -0.39 is 5.79 Å². The molecule has 1 aliphatic rings. The lowest BCUT2D eigenvalue weighted by atomic mass is 10.1. The molecule has 76 valence electrons. The highest BCUT2D eigenvalue weighted by atomic mass is 16.7. The summed E-state index contributed by atoms with van der Waals surface area (Å²) >= 11 is 0. The lowest BCUT2D eigenvalue weighted by Gasteiger charge is -2.40. The second-order valence-electron chi connectivity index (χ2n) is 3.82. The maximum Gasteiger partial charge on any atom is 0.163 e. The molecule has 1 fully saturated rings. The van der Waals surface area contributed by atoms with Crippen molar-refractivity contribution in [1.29, 1.82) is 0 Å². The lowest BCUT2D eigenvalue weighted by Crippen LogP contribution is -2.45. The Kier molecular flexibility index (Phi) is 3.47. The third-order valence-electron chi connectivity index (χ3n) is 2.06. The molecule has 0 aromatic heterocycles. The molecule has 0 aromatic carbocycles. The fourth-order valence-corrected chi connectivity index (χ4v) is 1.66. The quantitative estimate of drug-likeness (QED) is 0.678. The average molecular weight is 186 g/mol. The van der Waals surface area contributed by atoms with Crippen LogP contribution < -0.4 is 0 Å². The molecule has 0 aliphatic carbocycles. The molecule has 0 bridgehead atoms. The predicted molar refractivity (Wildman–Crippen MR) is 50.3 cm³/mol. The van der Waals surface area contributed by atoms with E-state index in [0.717, 1.165) is 12.8 Å². The molecule has 2 atom stereocenters. The van der Waals surface area contributed by atoms with Gasteiger partial charge in [0.25, 0.3) is 0 Å². The van der Waals surface area contributed by atoms with Gasteiger partial charge in [0.2, 0.25) is 0 Å². The summed E-state index contributed by atoms with van der Waals surface area (Å²) in [6.07, 6.45) is 3.41. The van der Waals surface area contributed by atoms with Crippen LogP contribution in [0.2, 0.25) is 0 Å². The zero-order valence-electron chi connectivity index (χ0n) is 8.32. The third-order valence-corrected chi connectivity index (χ3v) is 2.06. The van der Waals surface area contributed by atoms with Gasteiger partial charge in [-0.2, -0.15) is 0 Å². The van der Waals surface area contributed by atoms with Crippen LogP contribution in [-0.2, 0) is 9.47 Å². The first-order chi connectivity index (χ1) is 6.07. The van der Waals surface area contributed by atoms with Crippen molar-refractivity contribution >= 4 is 0 Å². The van der Waals surface area contributed by atoms with E-state index in [4.69, 9.17) is 14.6 Å². The van der Waals surface area contributed by atoms with Crippen molar-refractivity contribution in [3.8, 4) is 0 Å². The Morgan fingerprint density at radius 2 is 2.08 bits per heavy atom. The third kappa shape index (κ3) is 3.10. The van der Waals surface area contributed by atoms with Crippen LogP contribution in [0.25, 0.3) is 0 Å². The SMILES string of the molecule is C=CCC1CC(CO)OC(C)(C)O1. The molecular weight excluding hydrogens is 168 g/mol. The van der Waals surface area contributed by atoms with E-state index in [1.165, 1.54) is 0 Å². The fourth-order valence-electron chi connectivity index (χ4n) is 1.66. The molecule has 2 unspecified atom stereocenters. The molecule has 1 aliphatic heterocycles. The number of rotatable bonds is 3. The molecule has 0 aromatic rings. The molecule has 0 amide bonds. The van der Waals surface area contributed by atoms with Gasteiger partial charge in [-0.25, -0.2) is 0 Å². The first-order valence-corrected chi connectivity index (χ1v) is 4.65. The van der Waals surface area contributed by atoms with E-state index in [1.807, 2.05) is 19.9 Å². The Morgan fingerprint density at radius 1 is 1.46 bits per heavy atom. The highest BCUT2D eigenvalue weighted by molar-refractivity contribution is 4.81. The first kappa shape index (κ1) is 10.7. The van der Waals surface area contributed by atoms with E-state index in [2.05, 4.69) is 6.58 Å². The summed E-state index contributed by atoms with van der Waals surface area (Å²) < 4.78 is 11.1. The van der Waals surface area contributed by atoms with Gasteiger partial charge in [0.1, 0.15) is 0 Å². The van der Waals surface area contributed by atoms with Crippen LogP contribution in [-0.4, -0.2) is 29.7 Å². The van der Waals surface area contributed by atoms with Gasteiger partial charge in [-0.05, 0) is 20.3 Å². The maximum absolute atomic E-state index is 9.00. The average Bonchev–Trinajstić information content (AvgIpc) is 2.02. The molecule has 1 N–H and O–H groups in total. The number of aliphatic hydroxyl groups is 1. The Hall–Kier alpha value is -0.380. The van der Waals surface area contributed by atoms with Crippen molar-refractivity contribution < 1.29 is 14.6 Å². The largest absolute Gasteiger partial charge is 0.394 e. The topological polar surface area (TPSA) is 38.7 Å². The lowest BCUT2D eigenvalue weighted by molar-refractivity contribution is -0.302. The number of ether oxygens (including phenoxy) is 2. The van der Waals surface area contributed by atoms with Crippen LogP contribution in [0.5, 0.6) is 0 Å². The van der Waals surface area contributed by atoms with Crippen molar-refractivity contribution in [2.24, 2.45) is 0 Å². The van der Waals surface area contributed by atoms with Crippen molar-refractivity contribution in [1.82, 2.24) is 0 Å². The predicted octanol–water partition coefficient (Wildman–Crippen LogP) is 1.46. The molecule has 0 radical (unpaired) electrons. The zero-order valence-corrected chi connectivity index (χ0v) is 8.32. The van der Waals surface area contributed by atoms with Gasteiger partial charge in [0.05, 0.1) is 18.8 Å². The van der Waals surface area contributed by atoms with E-state index in [-0.39, 0.29) is 18.8 Å². The van der Waals surface area contributed by atoms with Crippen LogP contribution >= 0.6 is 0 Å². The van der Waals surface area contributed by atoms with Gasteiger partial charge >= 0.3 is 0 Å². The minimum Gasteiger partial charge on any atom is -0.394 e. The Labute approximate surface area is 79.3 Å². The summed E-state index contributed by atoms with van der Waals surface area (Å²) in [6, 6.07) is 0. The molecule has 1 heterocycles. The van der Waals surface area contributed by atoms with Crippen molar-refractivity contribution in [3.05, 3.63) is 12.7 Å². The first-order valence-electron chi connectivity index (χ1n) is 4.65. The van der Waals surface area contributed by atoms with Gasteiger partial charge in [-0.3, -0.25) is 0 Å². The molecule has 0 spiro atoms. The highest BCUT2D eigenvalue weighted by Crippen LogP contribution is 2.27. The minimum absolute atomic E-state index is 0.0560. The van der Waals surface area contributed by atoms with Gasteiger partial charge in [-0.1, -0.05) is 6.08 Å². The molecule has 13 heavy (non-hydrogen) atoms. The molecule has 0 saturated carbocycles. The molecule has 1 saturated heterocycles. The molecule has 3 heteroatoms. The van der Waals surface area contributed by atoms with E-state index in [9.17, 15) is 0 Å². The van der Waals surface area contributed by atoms with E-state index in [1.54, 1.807) is 0 Å². The van der Waals surface area contributed by atoms with Crippen LogP contribution in [0, 0.1) is 0 Å². The van der Waals surface area contributed by atoms with E-state index in [0.29, 0.717) is 0 Å². The number of aliphatic hydroxyl groups excluding tert-OH is 1. The van der Waals surface area contributed by atoms with Crippen LogP contribution in [0.4, 0.5) is 0 Å². The summed E-state index contributed by atoms with van der Waals surface area (Å²) in [6.45, 7) is 7.46. The van der Waals surface area contributed by atoms with Crippen LogP contribution in [0.3, 0.4) is 0 Å². The van der Waals surface area contributed by atoms with Crippen LogP contribution in [0.1, 0.15) is 26.7 Å². The van der Waals surface area contributed by atoms with Gasteiger partial charge < -0.3 is 14.6 Å². The molecule has 3 nitrogen and oxygen atoms in total. The number of hydrogen-bond donors (Lipinski definition) is 1. The Balaban J connectivity index is 2.54. The summed E-state index contributed by atoms with van der Waals surface area (Å²) in [5, 5.41) is 9.00. The maximum atomic E-state index is 9.00. The Morgan fingerprint density at radius 3 is 2.62 bits per heavy atom. The molecule has 1 rings (SSSR count). The summed E-state index contributed by atoms with van der Waals surface area (Å²) in [7, 11) is 0. The smallest absolute Gasteiger partial charge is 0.163 e. The summed E-state index contributed by atoms with van der Waals surface area (Å²) in [5.74, 6) is -0.584. The number of hydrogen-bond acceptors (Lipinski definition) is 3. The van der Waals surface area contributed by atoms with E-state index >= 15 is 0 Å². The van der Waals surface area contributed by atoms with Gasteiger partial charge in [0.15, 0.2) is 5.79 Å². The summed E-state index contributed by atoms with van der Waals surface area (Å²) in [5.41, 5.74) is 0. The summed E-state index contributed by atoms with van der Waals surface area (Å²) in [4.78, 5) is 0. The fraction of sp³-hybridized carbons (Fsp3) is 0.800. The zero-order chi connectivity index (χ0) is 9.90. The highest BCUT2D eigenvalue weighted by Gasteiger charge is 2.34. The second-order valence-corrected chi connectivity index (χ2v) is 3.82. The van der Waals surface area contributed by atoms with Crippen LogP contribution in [0.15, 0.2) is 12.7 Å². The standard InChI is InChI=1S/C10H18O3/c1-4-5-8-6-9(7-11)13-10(2,3)12-8/h4,8-9,11H,1,5-7H2,2-3H3. The second kappa shape index (κ2) is 4.22. The van der Waals surface area contributed by atoms with Gasteiger partial charge in [0, 0.05) is 6.42 Å². The van der Waals surface area contributed by atoms with Crippen molar-refractivity contribution in [2.75, 3.05) is 6.61 Å². The monoisotopic (exact) mass is 186 g/mol.